The summed E-state index contributed by atoms with van der Waals surface area (Å²) in [6.45, 7) is 0.529. The van der Waals surface area contributed by atoms with E-state index in [1.807, 2.05) is 35.0 Å². The van der Waals surface area contributed by atoms with Crippen molar-refractivity contribution in [2.75, 3.05) is 6.54 Å². The van der Waals surface area contributed by atoms with E-state index in [4.69, 9.17) is 11.6 Å². The van der Waals surface area contributed by atoms with Gasteiger partial charge in [0.2, 0.25) is 0 Å². The summed E-state index contributed by atoms with van der Waals surface area (Å²) in [4.78, 5) is 0. The maximum atomic E-state index is 9.52. The molecule has 0 aromatic heterocycles. The van der Waals surface area contributed by atoms with Crippen LogP contribution in [-0.4, -0.2) is 11.7 Å². The van der Waals surface area contributed by atoms with Gasteiger partial charge in [-0.1, -0.05) is 23.7 Å². The molecule has 0 radical (unpaired) electrons. The molecule has 0 spiro atoms. The number of aliphatic hydroxyl groups excluding tert-OH is 1. The topological polar surface area (TPSA) is 32.3 Å². The molecular formula is C8H9ClINO. The molecule has 1 atom stereocenters. The van der Waals surface area contributed by atoms with Crippen LogP contribution in [0.3, 0.4) is 0 Å². The number of halogens is 2. The SMILES string of the molecule is OC(CNI)c1cccc(Cl)c1. The van der Waals surface area contributed by atoms with Crippen molar-refractivity contribution in [1.29, 1.82) is 0 Å². The Balaban J connectivity index is 2.73. The second kappa shape index (κ2) is 5.01. The summed E-state index contributed by atoms with van der Waals surface area (Å²) in [5, 5.41) is 10.2. The van der Waals surface area contributed by atoms with Crippen LogP contribution in [-0.2, 0) is 0 Å². The van der Waals surface area contributed by atoms with Crippen LogP contribution < -0.4 is 3.53 Å². The normalized spacial score (nSPS) is 12.9. The summed E-state index contributed by atoms with van der Waals surface area (Å²) in [6.07, 6.45) is -0.486. The minimum absolute atomic E-state index is 0.486. The summed E-state index contributed by atoms with van der Waals surface area (Å²) in [5.41, 5.74) is 0.840. The lowest BCUT2D eigenvalue weighted by atomic mass is 10.1. The largest absolute Gasteiger partial charge is 0.387 e. The molecule has 66 valence electrons. The van der Waals surface area contributed by atoms with Crippen LogP contribution in [0, 0.1) is 0 Å². The molecule has 1 rings (SSSR count). The van der Waals surface area contributed by atoms with E-state index < -0.39 is 6.10 Å². The van der Waals surface area contributed by atoms with E-state index in [-0.39, 0.29) is 0 Å². The molecule has 0 saturated carbocycles. The third-order valence-corrected chi connectivity index (χ3v) is 2.18. The van der Waals surface area contributed by atoms with Crippen LogP contribution in [0.5, 0.6) is 0 Å². The van der Waals surface area contributed by atoms with E-state index in [2.05, 4.69) is 3.53 Å². The highest BCUT2D eigenvalue weighted by atomic mass is 127. The van der Waals surface area contributed by atoms with Crippen LogP contribution in [0.1, 0.15) is 11.7 Å². The summed E-state index contributed by atoms with van der Waals surface area (Å²) in [6, 6.07) is 7.23. The van der Waals surface area contributed by atoms with Crippen LogP contribution >= 0.6 is 34.5 Å². The summed E-state index contributed by atoms with van der Waals surface area (Å²) in [5.74, 6) is 0. The monoisotopic (exact) mass is 297 g/mol. The van der Waals surface area contributed by atoms with Crippen molar-refractivity contribution in [1.82, 2.24) is 3.53 Å². The third-order valence-electron chi connectivity index (χ3n) is 1.50. The molecule has 1 unspecified atom stereocenters. The number of hydrogen-bond acceptors (Lipinski definition) is 2. The van der Waals surface area contributed by atoms with E-state index in [0.29, 0.717) is 11.6 Å². The van der Waals surface area contributed by atoms with E-state index in [1.165, 1.54) is 0 Å². The van der Waals surface area contributed by atoms with Gasteiger partial charge < -0.3 is 5.11 Å². The number of nitrogens with one attached hydrogen (secondary N) is 1. The Morgan fingerprint density at radius 3 is 2.92 bits per heavy atom. The predicted molar refractivity (Wildman–Crippen MR) is 58.4 cm³/mol. The van der Waals surface area contributed by atoms with E-state index in [9.17, 15) is 5.11 Å². The average molecular weight is 298 g/mol. The van der Waals surface area contributed by atoms with Crippen LogP contribution in [0.15, 0.2) is 24.3 Å². The lowest BCUT2D eigenvalue weighted by Gasteiger charge is -2.08. The van der Waals surface area contributed by atoms with Gasteiger partial charge >= 0.3 is 0 Å². The van der Waals surface area contributed by atoms with Crippen molar-refractivity contribution in [3.8, 4) is 0 Å². The molecule has 0 fully saturated rings. The fourth-order valence-electron chi connectivity index (χ4n) is 0.905. The van der Waals surface area contributed by atoms with Gasteiger partial charge in [0.15, 0.2) is 0 Å². The molecule has 0 bridgehead atoms. The van der Waals surface area contributed by atoms with Crippen molar-refractivity contribution in [3.63, 3.8) is 0 Å². The Morgan fingerprint density at radius 2 is 2.33 bits per heavy atom. The highest BCUT2D eigenvalue weighted by Gasteiger charge is 2.05. The Labute approximate surface area is 90.4 Å². The second-order valence-corrected chi connectivity index (χ2v) is 3.61. The molecule has 0 aliphatic rings. The van der Waals surface area contributed by atoms with Gasteiger partial charge in [-0.25, -0.2) is 0 Å². The Bertz CT molecular complexity index is 257. The van der Waals surface area contributed by atoms with Crippen molar-refractivity contribution >= 4 is 34.5 Å². The van der Waals surface area contributed by atoms with Gasteiger partial charge in [0.1, 0.15) is 0 Å². The molecule has 1 aromatic carbocycles. The molecule has 4 heteroatoms. The first-order valence-electron chi connectivity index (χ1n) is 3.51. The maximum Gasteiger partial charge on any atom is 0.0923 e. The fraction of sp³-hybridized carbons (Fsp3) is 0.250. The van der Waals surface area contributed by atoms with Gasteiger partial charge in [0.05, 0.1) is 6.10 Å². The first kappa shape index (κ1) is 10.2. The van der Waals surface area contributed by atoms with Crippen LogP contribution in [0.25, 0.3) is 0 Å². The minimum atomic E-state index is -0.486. The molecule has 0 heterocycles. The zero-order valence-corrected chi connectivity index (χ0v) is 9.21. The van der Waals surface area contributed by atoms with Crippen LogP contribution in [0.2, 0.25) is 5.02 Å². The molecule has 2 N–H and O–H groups in total. The number of aliphatic hydroxyl groups is 1. The molecule has 0 amide bonds. The predicted octanol–water partition coefficient (Wildman–Crippen LogP) is 2.31. The van der Waals surface area contributed by atoms with Gasteiger partial charge in [-0.15, -0.1) is 0 Å². The molecule has 0 saturated heterocycles. The molecular weight excluding hydrogens is 288 g/mol. The van der Waals surface area contributed by atoms with Crippen molar-refractivity contribution in [2.45, 2.75) is 6.10 Å². The van der Waals surface area contributed by atoms with E-state index in [1.54, 1.807) is 12.1 Å². The Kier molecular flexibility index (Phi) is 4.28. The number of rotatable bonds is 3. The first-order chi connectivity index (χ1) is 5.74. The van der Waals surface area contributed by atoms with E-state index >= 15 is 0 Å². The molecule has 0 aliphatic carbocycles. The highest BCUT2D eigenvalue weighted by molar-refractivity contribution is 14.1. The van der Waals surface area contributed by atoms with Crippen molar-refractivity contribution < 1.29 is 5.11 Å². The summed E-state index contributed by atoms with van der Waals surface area (Å²) >= 11 is 7.75. The standard InChI is InChI=1S/C8H9ClINO/c9-7-3-1-2-6(4-7)8(12)5-11-10/h1-4,8,11-12H,5H2. The van der Waals surface area contributed by atoms with Gasteiger partial charge in [-0.3, -0.25) is 3.53 Å². The second-order valence-electron chi connectivity index (χ2n) is 2.41. The van der Waals surface area contributed by atoms with Gasteiger partial charge in [-0.05, 0) is 17.7 Å². The lowest BCUT2D eigenvalue weighted by molar-refractivity contribution is 0.184. The quantitative estimate of drug-likeness (QED) is 0.663. The molecule has 2 nitrogen and oxygen atoms in total. The Hall–Kier alpha value is 0.160. The zero-order chi connectivity index (χ0) is 8.97. The van der Waals surface area contributed by atoms with Gasteiger partial charge in [0, 0.05) is 34.4 Å². The van der Waals surface area contributed by atoms with Crippen molar-refractivity contribution in [2.24, 2.45) is 0 Å². The van der Waals surface area contributed by atoms with Gasteiger partial charge in [-0.2, -0.15) is 0 Å². The summed E-state index contributed by atoms with van der Waals surface area (Å²) in [7, 11) is 0. The molecule has 12 heavy (non-hydrogen) atoms. The molecule has 1 aromatic rings. The maximum absolute atomic E-state index is 9.52. The molecule has 0 aliphatic heterocycles. The average Bonchev–Trinajstić information content (AvgIpc) is 2.05. The number of benzene rings is 1. The van der Waals surface area contributed by atoms with E-state index in [0.717, 1.165) is 5.56 Å². The fourth-order valence-corrected chi connectivity index (χ4v) is 1.52. The minimum Gasteiger partial charge on any atom is -0.387 e. The third kappa shape index (κ3) is 2.90. The smallest absolute Gasteiger partial charge is 0.0923 e. The lowest BCUT2D eigenvalue weighted by Crippen LogP contribution is -2.11. The number of hydrogen-bond donors (Lipinski definition) is 2. The van der Waals surface area contributed by atoms with Crippen LogP contribution in [0.4, 0.5) is 0 Å². The highest BCUT2D eigenvalue weighted by Crippen LogP contribution is 2.16. The zero-order valence-electron chi connectivity index (χ0n) is 6.30. The Morgan fingerprint density at radius 1 is 1.58 bits per heavy atom. The van der Waals surface area contributed by atoms with Gasteiger partial charge in [0.25, 0.3) is 0 Å². The van der Waals surface area contributed by atoms with Crippen molar-refractivity contribution in [3.05, 3.63) is 34.9 Å². The summed E-state index contributed by atoms with van der Waals surface area (Å²) < 4.78 is 2.86. The first-order valence-corrected chi connectivity index (χ1v) is 4.96.